The molecule has 5 heteroatoms. The Morgan fingerprint density at radius 3 is 2.58 bits per heavy atom. The van der Waals surface area contributed by atoms with Crippen LogP contribution in [0.5, 0.6) is 0 Å². The highest BCUT2D eigenvalue weighted by atomic mass is 32.1. The average molecular weight is 286 g/mol. The number of nitrogens with one attached hydrogen (secondary N) is 1. The van der Waals surface area contributed by atoms with Crippen molar-refractivity contribution in [3.63, 3.8) is 0 Å². The summed E-state index contributed by atoms with van der Waals surface area (Å²) in [7, 11) is 1.70. The number of hydrogen-bond donors (Lipinski definition) is 1. The Balaban J connectivity index is 2.82. The molecule has 1 heterocycles. The van der Waals surface area contributed by atoms with Crippen molar-refractivity contribution in [2.24, 2.45) is 0 Å². The Labute approximate surface area is 120 Å². The van der Waals surface area contributed by atoms with Crippen LogP contribution in [0.1, 0.15) is 56.3 Å². The minimum Gasteiger partial charge on any atom is -0.378 e. The van der Waals surface area contributed by atoms with Crippen molar-refractivity contribution < 1.29 is 9.47 Å². The van der Waals surface area contributed by atoms with Crippen LogP contribution in [0.2, 0.25) is 0 Å². The van der Waals surface area contributed by atoms with Crippen LogP contribution in [-0.2, 0) is 22.6 Å². The van der Waals surface area contributed by atoms with Crippen LogP contribution in [0.25, 0.3) is 0 Å². The fourth-order valence-electron chi connectivity index (χ4n) is 1.63. The standard InChI is InChI=1S/C14H26N2O2S/c1-7-18-10(2)13-16-11(9-17-6)12(19-13)8-15-14(3,4)5/h10,15H,7-9H2,1-6H3. The van der Waals surface area contributed by atoms with E-state index >= 15 is 0 Å². The highest BCUT2D eigenvalue weighted by Crippen LogP contribution is 2.27. The molecule has 0 fully saturated rings. The second-order valence-electron chi connectivity index (χ2n) is 5.56. The molecule has 0 amide bonds. The number of methoxy groups -OCH3 is 1. The average Bonchev–Trinajstić information content (AvgIpc) is 2.70. The summed E-state index contributed by atoms with van der Waals surface area (Å²) in [5.41, 5.74) is 1.12. The van der Waals surface area contributed by atoms with Crippen molar-refractivity contribution in [2.45, 2.75) is 59.4 Å². The molecule has 1 N–H and O–H groups in total. The monoisotopic (exact) mass is 286 g/mol. The Morgan fingerprint density at radius 1 is 1.37 bits per heavy atom. The Kier molecular flexibility index (Phi) is 6.39. The summed E-state index contributed by atoms with van der Waals surface area (Å²) in [5, 5.41) is 4.52. The molecule has 110 valence electrons. The molecule has 0 bridgehead atoms. The van der Waals surface area contributed by atoms with Crippen molar-refractivity contribution >= 4 is 11.3 Å². The summed E-state index contributed by atoms with van der Waals surface area (Å²) in [6, 6.07) is 0. The summed E-state index contributed by atoms with van der Waals surface area (Å²) < 4.78 is 10.8. The highest BCUT2D eigenvalue weighted by Gasteiger charge is 2.17. The third kappa shape index (κ3) is 5.57. The molecule has 0 aliphatic heterocycles. The summed E-state index contributed by atoms with van der Waals surface area (Å²) in [6.45, 7) is 12.6. The smallest absolute Gasteiger partial charge is 0.122 e. The van der Waals surface area contributed by atoms with Gasteiger partial charge in [-0.2, -0.15) is 0 Å². The largest absolute Gasteiger partial charge is 0.378 e. The van der Waals surface area contributed by atoms with Gasteiger partial charge in [0.2, 0.25) is 0 Å². The van der Waals surface area contributed by atoms with Gasteiger partial charge < -0.3 is 14.8 Å². The molecule has 0 radical (unpaired) electrons. The van der Waals surface area contributed by atoms with E-state index in [1.165, 1.54) is 4.88 Å². The molecule has 0 aromatic carbocycles. The van der Waals surface area contributed by atoms with Crippen molar-refractivity contribution in [1.29, 1.82) is 0 Å². The first-order valence-electron chi connectivity index (χ1n) is 6.71. The van der Waals surface area contributed by atoms with Crippen molar-refractivity contribution in [3.05, 3.63) is 15.6 Å². The fourth-order valence-corrected chi connectivity index (χ4v) is 2.64. The van der Waals surface area contributed by atoms with Gasteiger partial charge in [-0.3, -0.25) is 0 Å². The zero-order chi connectivity index (χ0) is 14.5. The predicted octanol–water partition coefficient (Wildman–Crippen LogP) is 3.28. The first kappa shape index (κ1) is 16.6. The Morgan fingerprint density at radius 2 is 2.05 bits per heavy atom. The van der Waals surface area contributed by atoms with Gasteiger partial charge in [0.15, 0.2) is 0 Å². The highest BCUT2D eigenvalue weighted by molar-refractivity contribution is 7.11. The molecule has 4 nitrogen and oxygen atoms in total. The number of aromatic nitrogens is 1. The molecule has 0 saturated heterocycles. The van der Waals surface area contributed by atoms with Gasteiger partial charge in [-0.15, -0.1) is 11.3 Å². The zero-order valence-corrected chi connectivity index (χ0v) is 13.7. The van der Waals surface area contributed by atoms with Gasteiger partial charge in [-0.25, -0.2) is 4.98 Å². The minimum atomic E-state index is 0.0500. The summed E-state index contributed by atoms with van der Waals surface area (Å²) in [4.78, 5) is 5.88. The second-order valence-corrected chi connectivity index (χ2v) is 6.67. The molecule has 0 aliphatic rings. The molecule has 19 heavy (non-hydrogen) atoms. The third-order valence-electron chi connectivity index (χ3n) is 2.62. The molecular weight excluding hydrogens is 260 g/mol. The maximum atomic E-state index is 5.61. The molecule has 1 atom stereocenters. The van der Waals surface area contributed by atoms with Gasteiger partial charge in [-0.05, 0) is 34.6 Å². The molecule has 1 rings (SSSR count). The third-order valence-corrected chi connectivity index (χ3v) is 3.88. The second kappa shape index (κ2) is 7.33. The van der Waals surface area contributed by atoms with E-state index in [-0.39, 0.29) is 11.6 Å². The first-order valence-corrected chi connectivity index (χ1v) is 7.53. The number of ether oxygens (including phenoxy) is 2. The number of rotatable bonds is 7. The van der Waals surface area contributed by atoms with Gasteiger partial charge in [0, 0.05) is 30.7 Å². The Bertz CT molecular complexity index is 385. The Hall–Kier alpha value is -0.490. The summed E-state index contributed by atoms with van der Waals surface area (Å²) in [5.74, 6) is 0. The molecular formula is C14H26N2O2S. The molecule has 1 unspecified atom stereocenters. The van der Waals surface area contributed by atoms with Gasteiger partial charge >= 0.3 is 0 Å². The molecule has 1 aromatic rings. The lowest BCUT2D eigenvalue weighted by Gasteiger charge is -2.20. The van der Waals surface area contributed by atoms with E-state index in [4.69, 9.17) is 9.47 Å². The zero-order valence-electron chi connectivity index (χ0n) is 12.9. The minimum absolute atomic E-state index is 0.0500. The van der Waals surface area contributed by atoms with E-state index in [0.29, 0.717) is 13.2 Å². The first-order chi connectivity index (χ1) is 8.87. The summed E-state index contributed by atoms with van der Waals surface area (Å²) in [6.07, 6.45) is 0.0500. The topological polar surface area (TPSA) is 43.4 Å². The van der Waals surface area contributed by atoms with E-state index in [2.05, 4.69) is 31.1 Å². The van der Waals surface area contributed by atoms with Crippen LogP contribution < -0.4 is 5.32 Å². The number of nitrogens with zero attached hydrogens (tertiary/aromatic N) is 1. The lowest BCUT2D eigenvalue weighted by atomic mass is 10.1. The van der Waals surface area contributed by atoms with Gasteiger partial charge in [0.05, 0.1) is 12.3 Å². The maximum Gasteiger partial charge on any atom is 0.122 e. The molecule has 0 saturated carbocycles. The normalized spacial score (nSPS) is 13.8. The molecule has 0 spiro atoms. The predicted molar refractivity (Wildman–Crippen MR) is 79.5 cm³/mol. The maximum absolute atomic E-state index is 5.61. The SMILES string of the molecule is CCOC(C)c1nc(COC)c(CNC(C)(C)C)s1. The van der Waals surface area contributed by atoms with Crippen LogP contribution in [0, 0.1) is 0 Å². The van der Waals surface area contributed by atoms with Gasteiger partial charge in [0.25, 0.3) is 0 Å². The lowest BCUT2D eigenvalue weighted by Crippen LogP contribution is -2.35. The van der Waals surface area contributed by atoms with Crippen LogP contribution >= 0.6 is 11.3 Å². The van der Waals surface area contributed by atoms with Crippen LogP contribution in [0.4, 0.5) is 0 Å². The van der Waals surface area contributed by atoms with Crippen LogP contribution in [0.3, 0.4) is 0 Å². The quantitative estimate of drug-likeness (QED) is 0.835. The molecule has 1 aromatic heterocycles. The lowest BCUT2D eigenvalue weighted by molar-refractivity contribution is 0.0758. The number of thiazole rings is 1. The van der Waals surface area contributed by atoms with Gasteiger partial charge in [0.1, 0.15) is 11.1 Å². The molecule has 0 aliphatic carbocycles. The van der Waals surface area contributed by atoms with Crippen LogP contribution in [0.15, 0.2) is 0 Å². The van der Waals surface area contributed by atoms with Gasteiger partial charge in [-0.1, -0.05) is 0 Å². The fraction of sp³-hybridized carbons (Fsp3) is 0.786. The van der Waals surface area contributed by atoms with Crippen molar-refractivity contribution in [3.8, 4) is 0 Å². The van der Waals surface area contributed by atoms with Crippen molar-refractivity contribution in [2.75, 3.05) is 13.7 Å². The summed E-state index contributed by atoms with van der Waals surface area (Å²) >= 11 is 1.71. The number of hydrogen-bond acceptors (Lipinski definition) is 5. The van der Waals surface area contributed by atoms with E-state index in [1.807, 2.05) is 13.8 Å². The van der Waals surface area contributed by atoms with Crippen LogP contribution in [-0.4, -0.2) is 24.2 Å². The van der Waals surface area contributed by atoms with E-state index in [1.54, 1.807) is 18.4 Å². The van der Waals surface area contributed by atoms with Crippen molar-refractivity contribution in [1.82, 2.24) is 10.3 Å². The van der Waals surface area contributed by atoms with E-state index in [9.17, 15) is 0 Å². The van der Waals surface area contributed by atoms with E-state index in [0.717, 1.165) is 17.2 Å². The van der Waals surface area contributed by atoms with E-state index < -0.39 is 0 Å².